The third-order valence-corrected chi connectivity index (χ3v) is 5.35. The quantitative estimate of drug-likeness (QED) is 0.770. The molecule has 0 heterocycles. The lowest BCUT2D eigenvalue weighted by Gasteiger charge is -2.13. The van der Waals surface area contributed by atoms with Crippen molar-refractivity contribution in [3.05, 3.63) is 58.9 Å². The number of aryl methyl sites for hydroxylation is 2. The lowest BCUT2D eigenvalue weighted by atomic mass is 10.1. The molecule has 0 spiro atoms. The molecule has 2 N–H and O–H groups in total. The summed E-state index contributed by atoms with van der Waals surface area (Å²) in [5.41, 5.74) is 1.91. The molecular weight excluding hydrogens is 359 g/mol. The van der Waals surface area contributed by atoms with Gasteiger partial charge >= 0.3 is 0 Å². The van der Waals surface area contributed by atoms with Crippen molar-refractivity contribution >= 4 is 15.9 Å². The maximum absolute atomic E-state index is 12.8. The monoisotopic (exact) mass is 380 g/mol. The molecule has 0 saturated carbocycles. The van der Waals surface area contributed by atoms with E-state index >= 15 is 0 Å². The van der Waals surface area contributed by atoms with Crippen LogP contribution in [0.15, 0.2) is 41.3 Å². The Hall–Kier alpha value is -2.45. The van der Waals surface area contributed by atoms with E-state index in [1.807, 2.05) is 0 Å². The number of nitrogens with one attached hydrogen (secondary N) is 2. The summed E-state index contributed by atoms with van der Waals surface area (Å²) in [4.78, 5) is 12.0. The Morgan fingerprint density at radius 3 is 2.38 bits per heavy atom. The van der Waals surface area contributed by atoms with Crippen LogP contribution >= 0.6 is 0 Å². The summed E-state index contributed by atoms with van der Waals surface area (Å²) in [7, 11) is -2.32. The van der Waals surface area contributed by atoms with Crippen LogP contribution in [0.4, 0.5) is 4.39 Å². The number of halogens is 1. The number of hydrogen-bond acceptors (Lipinski definition) is 4. The summed E-state index contributed by atoms with van der Waals surface area (Å²) in [6.07, 6.45) is 0. The van der Waals surface area contributed by atoms with Crippen molar-refractivity contribution in [3.8, 4) is 5.75 Å². The lowest BCUT2D eigenvalue weighted by Crippen LogP contribution is -2.36. The molecule has 140 valence electrons. The summed E-state index contributed by atoms with van der Waals surface area (Å²) in [5.74, 6) is -0.253. The molecule has 0 aliphatic rings. The van der Waals surface area contributed by atoms with Crippen LogP contribution in [-0.4, -0.2) is 28.0 Å². The molecule has 0 fully saturated rings. The zero-order chi connectivity index (χ0) is 19.3. The van der Waals surface area contributed by atoms with Gasteiger partial charge in [-0.3, -0.25) is 4.79 Å². The molecule has 0 radical (unpaired) electrons. The number of amides is 1. The lowest BCUT2D eigenvalue weighted by molar-refractivity contribution is -0.120. The van der Waals surface area contributed by atoms with Crippen molar-refractivity contribution in [2.45, 2.75) is 25.3 Å². The molecule has 2 aromatic carbocycles. The number of rotatable bonds is 7. The number of hydrogen-bond donors (Lipinski definition) is 2. The van der Waals surface area contributed by atoms with Crippen molar-refractivity contribution in [3.63, 3.8) is 0 Å². The van der Waals surface area contributed by atoms with Gasteiger partial charge < -0.3 is 10.1 Å². The predicted octanol–water partition coefficient (Wildman–Crippen LogP) is 2.05. The van der Waals surface area contributed by atoms with Gasteiger partial charge in [0.05, 0.1) is 18.6 Å². The molecule has 6 nitrogen and oxygen atoms in total. The van der Waals surface area contributed by atoms with E-state index in [4.69, 9.17) is 4.74 Å². The van der Waals surface area contributed by atoms with Gasteiger partial charge in [-0.2, -0.15) is 0 Å². The van der Waals surface area contributed by atoms with E-state index in [1.165, 1.54) is 25.3 Å². The second-order valence-corrected chi connectivity index (χ2v) is 7.55. The molecule has 0 aromatic heterocycles. The van der Waals surface area contributed by atoms with E-state index in [9.17, 15) is 17.6 Å². The number of benzene rings is 2. The Kier molecular flexibility index (Phi) is 6.33. The standard InChI is InChI=1S/C18H21FN2O4S/c1-12-9-17(13(2)8-16(12)25-3)26(23,24)21-11-18(22)20-10-14-4-6-15(19)7-5-14/h4-9,21H,10-11H2,1-3H3,(H,20,22). The largest absolute Gasteiger partial charge is 0.496 e. The minimum Gasteiger partial charge on any atom is -0.496 e. The highest BCUT2D eigenvalue weighted by atomic mass is 32.2. The zero-order valence-corrected chi connectivity index (χ0v) is 15.6. The fraction of sp³-hybridized carbons (Fsp3) is 0.278. The average Bonchev–Trinajstić information content (AvgIpc) is 2.61. The number of carbonyl (C=O) groups is 1. The highest BCUT2D eigenvalue weighted by Crippen LogP contribution is 2.25. The van der Waals surface area contributed by atoms with Crippen LogP contribution in [0.1, 0.15) is 16.7 Å². The summed E-state index contributed by atoms with van der Waals surface area (Å²) in [6, 6.07) is 8.82. The summed E-state index contributed by atoms with van der Waals surface area (Å²) in [6.45, 7) is 3.19. The number of carbonyl (C=O) groups excluding carboxylic acids is 1. The first-order chi connectivity index (χ1) is 12.2. The molecule has 2 aromatic rings. The molecular formula is C18H21FN2O4S. The van der Waals surface area contributed by atoms with E-state index in [0.717, 1.165) is 0 Å². The first-order valence-corrected chi connectivity index (χ1v) is 9.37. The van der Waals surface area contributed by atoms with Crippen LogP contribution in [0.25, 0.3) is 0 Å². The highest BCUT2D eigenvalue weighted by molar-refractivity contribution is 7.89. The normalized spacial score (nSPS) is 11.2. The minimum absolute atomic E-state index is 0.0992. The Bertz CT molecular complexity index is 896. The van der Waals surface area contributed by atoms with Gasteiger partial charge in [-0.1, -0.05) is 12.1 Å². The first-order valence-electron chi connectivity index (χ1n) is 7.89. The Morgan fingerprint density at radius 1 is 1.12 bits per heavy atom. The van der Waals surface area contributed by atoms with E-state index < -0.39 is 22.5 Å². The van der Waals surface area contributed by atoms with Crippen LogP contribution in [0.3, 0.4) is 0 Å². The van der Waals surface area contributed by atoms with Crippen molar-refractivity contribution in [1.82, 2.24) is 10.0 Å². The van der Waals surface area contributed by atoms with Crippen molar-refractivity contribution in [2.24, 2.45) is 0 Å². The molecule has 0 atom stereocenters. The fourth-order valence-electron chi connectivity index (χ4n) is 2.38. The summed E-state index contributed by atoms with van der Waals surface area (Å²) in [5, 5.41) is 2.58. The number of methoxy groups -OCH3 is 1. The van der Waals surface area contributed by atoms with Gasteiger partial charge in [0.1, 0.15) is 11.6 Å². The third kappa shape index (κ3) is 5.03. The molecule has 0 saturated heterocycles. The van der Waals surface area contributed by atoms with Crippen LogP contribution < -0.4 is 14.8 Å². The topological polar surface area (TPSA) is 84.5 Å². The van der Waals surface area contributed by atoms with Crippen LogP contribution in [-0.2, 0) is 21.4 Å². The number of sulfonamides is 1. The van der Waals surface area contributed by atoms with Gasteiger partial charge in [-0.25, -0.2) is 17.5 Å². The van der Waals surface area contributed by atoms with Crippen molar-refractivity contribution in [2.75, 3.05) is 13.7 Å². The minimum atomic E-state index is -3.84. The van der Waals surface area contributed by atoms with Gasteiger partial charge in [-0.15, -0.1) is 0 Å². The van der Waals surface area contributed by atoms with Gasteiger partial charge in [0.2, 0.25) is 15.9 Å². The molecule has 8 heteroatoms. The maximum Gasteiger partial charge on any atom is 0.241 e. The van der Waals surface area contributed by atoms with Crippen LogP contribution in [0.5, 0.6) is 5.75 Å². The van der Waals surface area contributed by atoms with E-state index in [1.54, 1.807) is 32.0 Å². The molecule has 1 amide bonds. The second kappa shape index (κ2) is 8.29. The van der Waals surface area contributed by atoms with Gasteiger partial charge in [0.25, 0.3) is 0 Å². The highest BCUT2D eigenvalue weighted by Gasteiger charge is 2.19. The smallest absolute Gasteiger partial charge is 0.241 e. The predicted molar refractivity (Wildman–Crippen MR) is 95.9 cm³/mol. The fourth-order valence-corrected chi connectivity index (χ4v) is 3.67. The van der Waals surface area contributed by atoms with Crippen molar-refractivity contribution < 1.29 is 22.3 Å². The third-order valence-electron chi connectivity index (χ3n) is 3.81. The summed E-state index contributed by atoms with van der Waals surface area (Å²) >= 11 is 0. The second-order valence-electron chi connectivity index (χ2n) is 5.82. The van der Waals surface area contributed by atoms with Gasteiger partial charge in [-0.05, 0) is 54.8 Å². The van der Waals surface area contributed by atoms with Crippen molar-refractivity contribution in [1.29, 1.82) is 0 Å². The maximum atomic E-state index is 12.8. The summed E-state index contributed by atoms with van der Waals surface area (Å²) < 4.78 is 45.2. The number of ether oxygens (including phenoxy) is 1. The van der Waals surface area contributed by atoms with E-state index in [0.29, 0.717) is 22.4 Å². The van der Waals surface area contributed by atoms with Crippen LogP contribution in [0, 0.1) is 19.7 Å². The molecule has 0 unspecified atom stereocenters. The SMILES string of the molecule is COc1cc(C)c(S(=O)(=O)NCC(=O)NCc2ccc(F)cc2)cc1C. The molecule has 0 aliphatic heterocycles. The average molecular weight is 380 g/mol. The first kappa shape index (κ1) is 19.9. The van der Waals surface area contributed by atoms with E-state index in [-0.39, 0.29) is 17.3 Å². The Morgan fingerprint density at radius 2 is 1.77 bits per heavy atom. The molecule has 0 bridgehead atoms. The molecule has 0 aliphatic carbocycles. The van der Waals surface area contributed by atoms with Crippen LogP contribution in [0.2, 0.25) is 0 Å². The van der Waals surface area contributed by atoms with Gasteiger partial charge in [0, 0.05) is 6.54 Å². The Balaban J connectivity index is 1.98. The molecule has 2 rings (SSSR count). The molecule has 26 heavy (non-hydrogen) atoms. The Labute approximate surface area is 152 Å². The van der Waals surface area contributed by atoms with E-state index in [2.05, 4.69) is 10.0 Å². The van der Waals surface area contributed by atoms with Gasteiger partial charge in [0.15, 0.2) is 0 Å². The zero-order valence-electron chi connectivity index (χ0n) is 14.8.